The van der Waals surface area contributed by atoms with Gasteiger partial charge in [0.05, 0.1) is 65.4 Å². The second-order valence-electron chi connectivity index (χ2n) is 13.6. The number of aromatic nitrogens is 2. The smallest absolute Gasteiger partial charge is 0.0968 e. The van der Waals surface area contributed by atoms with Crippen molar-refractivity contribution in [3.05, 3.63) is 97.1 Å². The minimum absolute atomic E-state index is 1.08. The fourth-order valence-electron chi connectivity index (χ4n) is 8.30. The Morgan fingerprint density at radius 3 is 0.935 bits per heavy atom. The number of benzene rings is 4. The van der Waals surface area contributed by atoms with Gasteiger partial charge in [-0.05, 0) is 77.6 Å². The molecule has 242 valence electrons. The van der Waals surface area contributed by atoms with Crippen LogP contribution in [0.2, 0.25) is 0 Å². The lowest BCUT2D eigenvalue weighted by Gasteiger charge is -2.38. The number of hydrogen-bond acceptors (Lipinski definition) is 0. The third-order valence-corrected chi connectivity index (χ3v) is 11.7. The lowest BCUT2D eigenvalue weighted by Crippen LogP contribution is -2.50. The van der Waals surface area contributed by atoms with E-state index in [1.807, 2.05) is 0 Å². The number of unbranched alkanes of at least 4 members (excludes halogenated alkanes) is 3. The van der Waals surface area contributed by atoms with Gasteiger partial charge in [-0.25, -0.2) is 0 Å². The van der Waals surface area contributed by atoms with Crippen molar-refractivity contribution in [3.63, 3.8) is 0 Å². The molecule has 6 aromatic rings. The average molecular weight is 617 g/mol. The second-order valence-corrected chi connectivity index (χ2v) is 13.6. The minimum Gasteiger partial charge on any atom is -0.335 e. The third kappa shape index (κ3) is 6.35. The van der Waals surface area contributed by atoms with Crippen LogP contribution in [-0.2, 0) is 13.1 Å². The number of nitrogens with zero attached hydrogens (tertiary/aromatic N) is 4. The Bertz CT molecular complexity index is 1620. The van der Waals surface area contributed by atoms with Gasteiger partial charge in [0.1, 0.15) is 0 Å². The summed E-state index contributed by atoms with van der Waals surface area (Å²) in [5.41, 5.74) is 5.50. The number of fused-ring (bicyclic) bond motifs is 6. The predicted octanol–water partition coefficient (Wildman–Crippen LogP) is 9.88. The number of rotatable bonds is 17. The Kier molecular flexibility index (Phi) is 10.2. The quantitative estimate of drug-likeness (QED) is 0.0713. The average Bonchev–Trinajstić information content (AvgIpc) is 3.62. The standard InChI is InChI=1S/C42H56N4/c1-5-45(6-2,33-29-43-39-25-15-11-21-35(39)36-22-12-16-26-40(36)43)31-19-9-10-20-32-46(7-3,8-4)34-30-44-41-27-17-13-23-37(41)38-24-14-18-28-42(38)44/h11-18,21-28H,5-10,19-20,29-34H2,1-4H3/q+2. The summed E-state index contributed by atoms with van der Waals surface area (Å²) in [5.74, 6) is 0. The molecule has 0 saturated carbocycles. The van der Waals surface area contributed by atoms with Crippen molar-refractivity contribution < 1.29 is 8.97 Å². The van der Waals surface area contributed by atoms with Crippen LogP contribution in [0.3, 0.4) is 0 Å². The van der Waals surface area contributed by atoms with Gasteiger partial charge in [-0.3, -0.25) is 0 Å². The highest BCUT2D eigenvalue weighted by atomic mass is 15.4. The fraction of sp³-hybridized carbons (Fsp3) is 0.429. The molecule has 46 heavy (non-hydrogen) atoms. The summed E-state index contributed by atoms with van der Waals surface area (Å²) >= 11 is 0. The van der Waals surface area contributed by atoms with Gasteiger partial charge in [0.2, 0.25) is 0 Å². The largest absolute Gasteiger partial charge is 0.335 e. The van der Waals surface area contributed by atoms with Crippen LogP contribution in [0, 0.1) is 0 Å². The first-order chi connectivity index (χ1) is 22.6. The molecule has 0 fully saturated rings. The Labute approximate surface area is 277 Å². The van der Waals surface area contributed by atoms with Gasteiger partial charge in [-0.2, -0.15) is 0 Å². The minimum atomic E-state index is 1.08. The molecule has 0 unspecified atom stereocenters. The van der Waals surface area contributed by atoms with Gasteiger partial charge >= 0.3 is 0 Å². The number of quaternary nitrogens is 2. The third-order valence-electron chi connectivity index (χ3n) is 11.7. The maximum atomic E-state index is 2.58. The monoisotopic (exact) mass is 616 g/mol. The molecule has 4 nitrogen and oxygen atoms in total. The fourth-order valence-corrected chi connectivity index (χ4v) is 8.30. The molecule has 0 atom stereocenters. The summed E-state index contributed by atoms with van der Waals surface area (Å²) < 4.78 is 7.58. The number of hydrogen-bond donors (Lipinski definition) is 0. The summed E-state index contributed by atoms with van der Waals surface area (Å²) in [4.78, 5) is 0. The van der Waals surface area contributed by atoms with Crippen molar-refractivity contribution in [2.24, 2.45) is 0 Å². The van der Waals surface area contributed by atoms with Crippen LogP contribution in [0.5, 0.6) is 0 Å². The topological polar surface area (TPSA) is 9.86 Å². The molecule has 4 heteroatoms. The van der Waals surface area contributed by atoms with Crippen LogP contribution in [-0.4, -0.2) is 70.5 Å². The summed E-state index contributed by atoms with van der Waals surface area (Å²) in [6.07, 6.45) is 5.34. The van der Waals surface area contributed by atoms with E-state index in [1.165, 1.54) is 131 Å². The summed E-state index contributed by atoms with van der Waals surface area (Å²) in [7, 11) is 0. The SMILES string of the molecule is CC[N+](CC)(CCCCCC[N+](CC)(CC)CCn1c2ccccc2c2ccccc21)CCn1c2ccccc2c2ccccc21. The van der Waals surface area contributed by atoms with E-state index in [4.69, 9.17) is 0 Å². The lowest BCUT2D eigenvalue weighted by molar-refractivity contribution is -0.926. The van der Waals surface area contributed by atoms with Gasteiger partial charge in [0, 0.05) is 43.6 Å². The van der Waals surface area contributed by atoms with Crippen molar-refractivity contribution in [2.75, 3.05) is 52.4 Å². The van der Waals surface area contributed by atoms with Crippen molar-refractivity contribution in [1.29, 1.82) is 0 Å². The van der Waals surface area contributed by atoms with Crippen LogP contribution in [0.25, 0.3) is 43.6 Å². The zero-order valence-electron chi connectivity index (χ0n) is 28.9. The molecular formula is C42H56N4+2. The molecule has 4 aromatic carbocycles. The van der Waals surface area contributed by atoms with Gasteiger partial charge in [-0.15, -0.1) is 0 Å². The van der Waals surface area contributed by atoms with E-state index in [9.17, 15) is 0 Å². The summed E-state index contributed by atoms with van der Waals surface area (Å²) in [6.45, 7) is 21.6. The number of likely N-dealkylation sites (N-methyl/N-ethyl adjacent to an activating group) is 2. The lowest BCUT2D eigenvalue weighted by atomic mass is 10.1. The van der Waals surface area contributed by atoms with Gasteiger partial charge in [0.25, 0.3) is 0 Å². The molecule has 0 bridgehead atoms. The molecule has 0 aliphatic heterocycles. The normalized spacial score (nSPS) is 12.7. The van der Waals surface area contributed by atoms with Crippen LogP contribution < -0.4 is 0 Å². The molecule has 6 rings (SSSR count). The molecule has 0 aliphatic rings. The van der Waals surface area contributed by atoms with Crippen molar-refractivity contribution in [2.45, 2.75) is 66.5 Å². The Hall–Kier alpha value is -3.60. The Morgan fingerprint density at radius 2 is 0.652 bits per heavy atom. The van der Waals surface area contributed by atoms with E-state index < -0.39 is 0 Å². The molecule has 2 aromatic heterocycles. The first-order valence-corrected chi connectivity index (χ1v) is 18.2. The summed E-state index contributed by atoms with van der Waals surface area (Å²) in [5, 5.41) is 5.53. The summed E-state index contributed by atoms with van der Waals surface area (Å²) in [6, 6.07) is 35.8. The molecule has 0 saturated heterocycles. The second kappa shape index (κ2) is 14.4. The van der Waals surface area contributed by atoms with E-state index in [0.29, 0.717) is 0 Å². The van der Waals surface area contributed by atoms with E-state index in [2.05, 4.69) is 134 Å². The predicted molar refractivity (Wildman–Crippen MR) is 200 cm³/mol. The van der Waals surface area contributed by atoms with Crippen LogP contribution in [0.15, 0.2) is 97.1 Å². The highest BCUT2D eigenvalue weighted by Crippen LogP contribution is 2.30. The Morgan fingerprint density at radius 1 is 0.370 bits per heavy atom. The molecule has 0 N–H and O–H groups in total. The van der Waals surface area contributed by atoms with E-state index in [-0.39, 0.29) is 0 Å². The van der Waals surface area contributed by atoms with Crippen LogP contribution >= 0.6 is 0 Å². The zero-order chi connectivity index (χ0) is 32.0. The molecule has 0 aliphatic carbocycles. The van der Waals surface area contributed by atoms with E-state index in [0.717, 1.165) is 13.1 Å². The molecule has 0 spiro atoms. The van der Waals surface area contributed by atoms with Crippen molar-refractivity contribution in [3.8, 4) is 0 Å². The Balaban J connectivity index is 1.03. The maximum absolute atomic E-state index is 2.58. The molecule has 0 amide bonds. The first kappa shape index (κ1) is 32.3. The van der Waals surface area contributed by atoms with Crippen LogP contribution in [0.1, 0.15) is 53.4 Å². The molecular weight excluding hydrogens is 560 g/mol. The van der Waals surface area contributed by atoms with Crippen molar-refractivity contribution in [1.82, 2.24) is 9.13 Å². The van der Waals surface area contributed by atoms with Gasteiger partial charge < -0.3 is 18.1 Å². The van der Waals surface area contributed by atoms with E-state index in [1.54, 1.807) is 0 Å². The zero-order valence-corrected chi connectivity index (χ0v) is 28.9. The van der Waals surface area contributed by atoms with Gasteiger partial charge in [0.15, 0.2) is 0 Å². The van der Waals surface area contributed by atoms with Crippen molar-refractivity contribution >= 4 is 43.6 Å². The molecule has 0 radical (unpaired) electrons. The first-order valence-electron chi connectivity index (χ1n) is 18.2. The van der Waals surface area contributed by atoms with Crippen LogP contribution in [0.4, 0.5) is 0 Å². The maximum Gasteiger partial charge on any atom is 0.0968 e. The molecule has 2 heterocycles. The van der Waals surface area contributed by atoms with Gasteiger partial charge in [-0.1, -0.05) is 72.8 Å². The van der Waals surface area contributed by atoms with E-state index >= 15 is 0 Å². The highest BCUT2D eigenvalue weighted by Gasteiger charge is 2.25. The number of para-hydroxylation sites is 4. The highest BCUT2D eigenvalue weighted by molar-refractivity contribution is 6.08.